The molecule has 104 valence electrons. The van der Waals surface area contributed by atoms with Crippen LogP contribution >= 0.6 is 0 Å². The fourth-order valence-corrected chi connectivity index (χ4v) is 5.65. The maximum absolute atomic E-state index is 2.85. The Labute approximate surface area is 113 Å². The smallest absolute Gasteiger partial charge is 0.0107 e. The van der Waals surface area contributed by atoms with Gasteiger partial charge in [0.15, 0.2) is 0 Å². The Hall–Kier alpha value is -0.0400. The lowest BCUT2D eigenvalue weighted by Gasteiger charge is -2.56. The largest absolute Gasteiger partial charge is 0.295 e. The first-order valence-corrected chi connectivity index (χ1v) is 8.26. The van der Waals surface area contributed by atoms with Gasteiger partial charge in [-0.25, -0.2) is 0 Å². The van der Waals surface area contributed by atoms with Crippen LogP contribution in [0.2, 0.25) is 0 Å². The lowest BCUT2D eigenvalue weighted by atomic mass is 9.54. The van der Waals surface area contributed by atoms with Gasteiger partial charge in [-0.05, 0) is 76.0 Å². The average molecular weight is 249 g/mol. The predicted octanol–water partition coefficient (Wildman–Crippen LogP) is 4.46. The molecule has 3 aliphatic rings. The molecule has 1 saturated carbocycles. The molecule has 2 saturated heterocycles. The monoisotopic (exact) mass is 249 g/mol. The van der Waals surface area contributed by atoms with Crippen LogP contribution in [0.1, 0.15) is 72.6 Å². The molecule has 2 bridgehead atoms. The lowest BCUT2D eigenvalue weighted by Crippen LogP contribution is -2.54. The van der Waals surface area contributed by atoms with Gasteiger partial charge in [0, 0.05) is 18.1 Å². The van der Waals surface area contributed by atoms with E-state index in [2.05, 4.69) is 32.6 Å². The van der Waals surface area contributed by atoms with E-state index in [1.807, 2.05) is 0 Å². The molecule has 0 radical (unpaired) electrons. The Balaban J connectivity index is 1.60. The van der Waals surface area contributed by atoms with Gasteiger partial charge in [-0.1, -0.05) is 13.8 Å². The number of hydrogen-bond donors (Lipinski definition) is 0. The van der Waals surface area contributed by atoms with Crippen LogP contribution in [0, 0.1) is 17.3 Å². The van der Waals surface area contributed by atoms with Gasteiger partial charge in [-0.3, -0.25) is 4.90 Å². The van der Waals surface area contributed by atoms with Gasteiger partial charge in [0.1, 0.15) is 0 Å². The SMILES string of the molecule is CC(C)CC1CC2(C1)CC1CCC(C2)N1C(C)C. The van der Waals surface area contributed by atoms with Crippen molar-refractivity contribution in [3.63, 3.8) is 0 Å². The highest BCUT2D eigenvalue weighted by atomic mass is 15.2. The summed E-state index contributed by atoms with van der Waals surface area (Å²) in [5.41, 5.74) is 0.788. The molecule has 3 rings (SSSR count). The summed E-state index contributed by atoms with van der Waals surface area (Å²) in [5.74, 6) is 1.97. The van der Waals surface area contributed by atoms with Crippen molar-refractivity contribution in [2.75, 3.05) is 0 Å². The summed E-state index contributed by atoms with van der Waals surface area (Å²) in [5, 5.41) is 0. The summed E-state index contributed by atoms with van der Waals surface area (Å²) in [6.07, 6.45) is 10.6. The third-order valence-electron chi connectivity index (χ3n) is 5.86. The van der Waals surface area contributed by atoms with Crippen LogP contribution in [-0.4, -0.2) is 23.0 Å². The summed E-state index contributed by atoms with van der Waals surface area (Å²) >= 11 is 0. The highest BCUT2D eigenvalue weighted by molar-refractivity contribution is 5.07. The van der Waals surface area contributed by atoms with E-state index in [4.69, 9.17) is 0 Å². The van der Waals surface area contributed by atoms with Crippen molar-refractivity contribution in [1.82, 2.24) is 4.90 Å². The molecule has 0 amide bonds. The molecule has 2 atom stereocenters. The molecule has 1 spiro atoms. The number of hydrogen-bond acceptors (Lipinski definition) is 1. The highest BCUT2D eigenvalue weighted by Crippen LogP contribution is 2.59. The fourth-order valence-electron chi connectivity index (χ4n) is 5.65. The van der Waals surface area contributed by atoms with E-state index in [9.17, 15) is 0 Å². The Kier molecular flexibility index (Phi) is 3.25. The van der Waals surface area contributed by atoms with E-state index < -0.39 is 0 Å². The highest BCUT2D eigenvalue weighted by Gasteiger charge is 2.53. The van der Waals surface area contributed by atoms with E-state index in [0.29, 0.717) is 0 Å². The van der Waals surface area contributed by atoms with Crippen molar-refractivity contribution in [3.8, 4) is 0 Å². The maximum Gasteiger partial charge on any atom is 0.0107 e. The molecule has 1 aliphatic carbocycles. The van der Waals surface area contributed by atoms with Crippen molar-refractivity contribution in [3.05, 3.63) is 0 Å². The van der Waals surface area contributed by atoms with E-state index in [1.165, 1.54) is 32.1 Å². The minimum Gasteiger partial charge on any atom is -0.295 e. The summed E-state index contributed by atoms with van der Waals surface area (Å²) in [6.45, 7) is 9.56. The molecule has 3 fully saturated rings. The topological polar surface area (TPSA) is 3.24 Å². The van der Waals surface area contributed by atoms with E-state index in [0.717, 1.165) is 35.4 Å². The molecular formula is C17H31N. The predicted molar refractivity (Wildman–Crippen MR) is 77.6 cm³/mol. The van der Waals surface area contributed by atoms with Gasteiger partial charge >= 0.3 is 0 Å². The van der Waals surface area contributed by atoms with E-state index in [-0.39, 0.29) is 0 Å². The summed E-state index contributed by atoms with van der Waals surface area (Å²) < 4.78 is 0. The average Bonchev–Trinajstić information content (AvgIpc) is 2.49. The second-order valence-corrected chi connectivity index (χ2v) is 8.24. The second-order valence-electron chi connectivity index (χ2n) is 8.24. The van der Waals surface area contributed by atoms with Crippen molar-refractivity contribution in [2.45, 2.75) is 90.8 Å². The molecule has 0 N–H and O–H groups in total. The zero-order valence-electron chi connectivity index (χ0n) is 12.8. The van der Waals surface area contributed by atoms with Crippen LogP contribution in [0.5, 0.6) is 0 Å². The molecule has 2 heterocycles. The molecular weight excluding hydrogens is 218 g/mol. The molecule has 0 aromatic carbocycles. The summed E-state index contributed by atoms with van der Waals surface area (Å²) in [6, 6.07) is 2.64. The van der Waals surface area contributed by atoms with Crippen molar-refractivity contribution in [2.24, 2.45) is 17.3 Å². The minimum absolute atomic E-state index is 0.770. The van der Waals surface area contributed by atoms with Crippen LogP contribution in [0.15, 0.2) is 0 Å². The van der Waals surface area contributed by atoms with E-state index in [1.54, 1.807) is 12.8 Å². The Morgan fingerprint density at radius 3 is 1.94 bits per heavy atom. The first kappa shape index (κ1) is 13.0. The van der Waals surface area contributed by atoms with E-state index >= 15 is 0 Å². The van der Waals surface area contributed by atoms with Gasteiger partial charge in [0.05, 0.1) is 0 Å². The standard InChI is InChI=1S/C17H31N/c1-12(2)7-14-8-17(9-14)10-15-5-6-16(11-17)18(15)13(3)4/h12-16H,5-11H2,1-4H3. The zero-order chi connectivity index (χ0) is 12.9. The van der Waals surface area contributed by atoms with Crippen molar-refractivity contribution < 1.29 is 0 Å². The molecule has 2 unspecified atom stereocenters. The molecule has 2 aliphatic heterocycles. The third-order valence-corrected chi connectivity index (χ3v) is 5.86. The van der Waals surface area contributed by atoms with Crippen LogP contribution in [0.3, 0.4) is 0 Å². The van der Waals surface area contributed by atoms with Gasteiger partial charge in [0.25, 0.3) is 0 Å². The molecule has 0 aromatic rings. The second kappa shape index (κ2) is 4.51. The Morgan fingerprint density at radius 2 is 1.50 bits per heavy atom. The Bertz CT molecular complexity index is 285. The van der Waals surface area contributed by atoms with Crippen LogP contribution in [0.4, 0.5) is 0 Å². The molecule has 18 heavy (non-hydrogen) atoms. The molecule has 1 nitrogen and oxygen atoms in total. The van der Waals surface area contributed by atoms with Gasteiger partial charge in [-0.2, -0.15) is 0 Å². The van der Waals surface area contributed by atoms with Crippen LogP contribution in [-0.2, 0) is 0 Å². The maximum atomic E-state index is 2.85. The molecule has 0 aromatic heterocycles. The third kappa shape index (κ3) is 2.13. The minimum atomic E-state index is 0.770. The lowest BCUT2D eigenvalue weighted by molar-refractivity contribution is -0.0607. The summed E-state index contributed by atoms with van der Waals surface area (Å²) in [7, 11) is 0. The number of rotatable bonds is 3. The van der Waals surface area contributed by atoms with Crippen molar-refractivity contribution >= 4 is 0 Å². The molecule has 1 heteroatoms. The zero-order valence-corrected chi connectivity index (χ0v) is 12.8. The van der Waals surface area contributed by atoms with Gasteiger partial charge < -0.3 is 0 Å². The first-order valence-electron chi connectivity index (χ1n) is 8.26. The quantitative estimate of drug-likeness (QED) is 0.713. The number of piperidine rings is 1. The fraction of sp³-hybridized carbons (Fsp3) is 1.00. The normalized spacial score (nSPS) is 44.0. The van der Waals surface area contributed by atoms with Crippen molar-refractivity contribution in [1.29, 1.82) is 0 Å². The van der Waals surface area contributed by atoms with Gasteiger partial charge in [0.2, 0.25) is 0 Å². The Morgan fingerprint density at radius 1 is 0.944 bits per heavy atom. The van der Waals surface area contributed by atoms with Crippen LogP contribution < -0.4 is 0 Å². The number of fused-ring (bicyclic) bond motifs is 2. The summed E-state index contributed by atoms with van der Waals surface area (Å²) in [4.78, 5) is 2.85. The number of nitrogens with zero attached hydrogens (tertiary/aromatic N) is 1. The van der Waals surface area contributed by atoms with Gasteiger partial charge in [-0.15, -0.1) is 0 Å². The first-order chi connectivity index (χ1) is 8.49. The van der Waals surface area contributed by atoms with Crippen LogP contribution in [0.25, 0.3) is 0 Å².